The molecule has 0 fully saturated rings. The zero-order valence-corrected chi connectivity index (χ0v) is 16.4. The first-order valence-electron chi connectivity index (χ1n) is 9.22. The maximum Gasteiger partial charge on any atom is 0.417 e. The quantitative estimate of drug-likeness (QED) is 0.348. The molecular weight excluding hydrogens is 426 g/mol. The van der Waals surface area contributed by atoms with Crippen LogP contribution in [0, 0.1) is 10.8 Å². The van der Waals surface area contributed by atoms with Gasteiger partial charge in [-0.3, -0.25) is 0 Å². The summed E-state index contributed by atoms with van der Waals surface area (Å²) in [5.74, 6) is -0.187. The molecule has 10 heteroatoms. The molecule has 0 amide bonds. The largest absolute Gasteiger partial charge is 0.490 e. The first-order valence-corrected chi connectivity index (χ1v) is 9.22. The Morgan fingerprint density at radius 2 is 1.32 bits per heavy atom. The minimum Gasteiger partial charge on any atom is -0.490 e. The van der Waals surface area contributed by atoms with E-state index in [1.165, 1.54) is 12.1 Å². The van der Waals surface area contributed by atoms with Gasteiger partial charge in [-0.2, -0.15) is 26.3 Å². The molecule has 2 rings (SSSR count). The zero-order valence-electron chi connectivity index (χ0n) is 16.4. The average molecular weight is 446 g/mol. The van der Waals surface area contributed by atoms with Crippen molar-refractivity contribution in [2.24, 2.45) is 0 Å². The lowest BCUT2D eigenvalue weighted by Crippen LogP contribution is -2.25. The highest BCUT2D eigenvalue weighted by molar-refractivity contribution is 5.80. The fraction of sp³-hybridized carbons (Fsp3) is 0.333. The van der Waals surface area contributed by atoms with E-state index in [0.717, 1.165) is 24.3 Å². The van der Waals surface area contributed by atoms with Gasteiger partial charge in [-0.1, -0.05) is 13.3 Å². The Morgan fingerprint density at radius 3 is 1.77 bits per heavy atom. The lowest BCUT2D eigenvalue weighted by Gasteiger charge is -2.21. The molecule has 2 aromatic carbocycles. The SMILES string of the molecule is CCCC(COc1ccc(C=N)c(C(F)(F)F)c1)Oc1ccc(C=N)c(C(F)(F)F)c1. The van der Waals surface area contributed by atoms with E-state index in [4.69, 9.17) is 20.3 Å². The lowest BCUT2D eigenvalue weighted by atomic mass is 10.1. The van der Waals surface area contributed by atoms with Crippen LogP contribution in [0.15, 0.2) is 36.4 Å². The maximum atomic E-state index is 13.2. The molecule has 31 heavy (non-hydrogen) atoms. The normalized spacial score (nSPS) is 12.9. The van der Waals surface area contributed by atoms with Crippen LogP contribution >= 0.6 is 0 Å². The Labute approximate surface area is 174 Å². The van der Waals surface area contributed by atoms with Gasteiger partial charge in [0, 0.05) is 23.6 Å². The summed E-state index contributed by atoms with van der Waals surface area (Å²) in [5.41, 5.74) is -2.67. The van der Waals surface area contributed by atoms with E-state index in [2.05, 4.69) is 0 Å². The molecule has 0 aromatic heterocycles. The van der Waals surface area contributed by atoms with Gasteiger partial charge in [0.05, 0.1) is 11.1 Å². The molecule has 1 atom stereocenters. The van der Waals surface area contributed by atoms with E-state index in [9.17, 15) is 26.3 Å². The number of nitrogens with one attached hydrogen (secondary N) is 2. The smallest absolute Gasteiger partial charge is 0.417 e. The monoisotopic (exact) mass is 446 g/mol. The number of hydrogen-bond donors (Lipinski definition) is 2. The van der Waals surface area contributed by atoms with Crippen molar-refractivity contribution in [3.8, 4) is 11.5 Å². The topological polar surface area (TPSA) is 66.2 Å². The Kier molecular flexibility index (Phi) is 7.70. The minimum absolute atomic E-state index is 0.0879. The van der Waals surface area contributed by atoms with Crippen LogP contribution in [0.25, 0.3) is 0 Å². The third kappa shape index (κ3) is 6.47. The van der Waals surface area contributed by atoms with Gasteiger partial charge in [-0.15, -0.1) is 0 Å². The summed E-state index contributed by atoms with van der Waals surface area (Å²) >= 11 is 0. The summed E-state index contributed by atoms with van der Waals surface area (Å²) in [6.07, 6.45) is -7.89. The van der Waals surface area contributed by atoms with E-state index < -0.39 is 29.6 Å². The third-order valence-corrected chi connectivity index (χ3v) is 4.32. The molecular formula is C21H20F6N2O2. The van der Waals surface area contributed by atoms with E-state index in [-0.39, 0.29) is 29.2 Å². The van der Waals surface area contributed by atoms with Gasteiger partial charge >= 0.3 is 12.4 Å². The molecule has 0 aliphatic rings. The molecule has 4 nitrogen and oxygen atoms in total. The molecule has 0 saturated carbocycles. The van der Waals surface area contributed by atoms with Gasteiger partial charge in [-0.25, -0.2) is 0 Å². The Morgan fingerprint density at radius 1 is 0.839 bits per heavy atom. The fourth-order valence-electron chi connectivity index (χ4n) is 2.86. The molecule has 0 aliphatic heterocycles. The highest BCUT2D eigenvalue weighted by atomic mass is 19.4. The summed E-state index contributed by atoms with van der Waals surface area (Å²) in [7, 11) is 0. The first kappa shape index (κ1) is 24.2. The second kappa shape index (κ2) is 9.84. The second-order valence-corrected chi connectivity index (χ2v) is 6.62. The van der Waals surface area contributed by atoms with E-state index >= 15 is 0 Å². The van der Waals surface area contributed by atoms with E-state index in [0.29, 0.717) is 25.3 Å². The van der Waals surface area contributed by atoms with Crippen LogP contribution in [0.4, 0.5) is 26.3 Å². The molecule has 0 saturated heterocycles. The van der Waals surface area contributed by atoms with Crippen molar-refractivity contribution < 1.29 is 35.8 Å². The number of rotatable bonds is 9. The van der Waals surface area contributed by atoms with Crippen LogP contribution in [-0.4, -0.2) is 25.1 Å². The van der Waals surface area contributed by atoms with Crippen LogP contribution in [0.1, 0.15) is 42.0 Å². The van der Waals surface area contributed by atoms with Crippen LogP contribution in [0.5, 0.6) is 11.5 Å². The lowest BCUT2D eigenvalue weighted by molar-refractivity contribution is -0.138. The van der Waals surface area contributed by atoms with Crippen molar-refractivity contribution in [3.63, 3.8) is 0 Å². The van der Waals surface area contributed by atoms with Gasteiger partial charge < -0.3 is 20.3 Å². The summed E-state index contributed by atoms with van der Waals surface area (Å²) in [4.78, 5) is 0. The van der Waals surface area contributed by atoms with Gasteiger partial charge in [0.2, 0.25) is 0 Å². The van der Waals surface area contributed by atoms with Crippen molar-refractivity contribution in [1.82, 2.24) is 0 Å². The number of hydrogen-bond acceptors (Lipinski definition) is 4. The third-order valence-electron chi connectivity index (χ3n) is 4.32. The molecule has 2 aromatic rings. The zero-order chi connectivity index (χ0) is 23.2. The molecule has 0 heterocycles. The van der Waals surface area contributed by atoms with Crippen LogP contribution in [-0.2, 0) is 12.4 Å². The molecule has 168 valence electrons. The van der Waals surface area contributed by atoms with Gasteiger partial charge in [0.25, 0.3) is 0 Å². The Hall–Kier alpha value is -3.04. The highest BCUT2D eigenvalue weighted by Gasteiger charge is 2.34. The number of alkyl halides is 6. The molecule has 0 aliphatic carbocycles. The average Bonchev–Trinajstić information content (AvgIpc) is 2.70. The summed E-state index contributed by atoms with van der Waals surface area (Å²) < 4.78 is 89.9. The van der Waals surface area contributed by atoms with E-state index in [1.54, 1.807) is 0 Å². The standard InChI is InChI=1S/C21H20F6N2O2/c1-2-3-17(31-16-7-5-14(11-29)19(9-16)21(25,26)27)12-30-15-6-4-13(10-28)18(8-15)20(22,23)24/h4-11,17,28-29H,2-3,12H2,1H3. The summed E-state index contributed by atoms with van der Waals surface area (Å²) in [6, 6.07) is 6.33. The summed E-state index contributed by atoms with van der Waals surface area (Å²) in [6.45, 7) is 1.62. The van der Waals surface area contributed by atoms with Gasteiger partial charge in [0.15, 0.2) is 0 Å². The van der Waals surface area contributed by atoms with Crippen molar-refractivity contribution in [2.75, 3.05) is 6.61 Å². The first-order chi connectivity index (χ1) is 14.5. The summed E-state index contributed by atoms with van der Waals surface area (Å²) in [5, 5.41) is 14.2. The van der Waals surface area contributed by atoms with Gasteiger partial charge in [-0.05, 0) is 42.8 Å². The predicted molar refractivity (Wildman–Crippen MR) is 103 cm³/mol. The van der Waals surface area contributed by atoms with Crippen LogP contribution in [0.3, 0.4) is 0 Å². The number of halogens is 6. The van der Waals surface area contributed by atoms with Crippen molar-refractivity contribution >= 4 is 12.4 Å². The van der Waals surface area contributed by atoms with Crippen molar-refractivity contribution in [2.45, 2.75) is 38.2 Å². The van der Waals surface area contributed by atoms with Crippen molar-refractivity contribution in [1.29, 1.82) is 10.8 Å². The number of ether oxygens (including phenoxy) is 2. The van der Waals surface area contributed by atoms with Crippen LogP contribution in [0.2, 0.25) is 0 Å². The second-order valence-electron chi connectivity index (χ2n) is 6.62. The molecule has 0 radical (unpaired) electrons. The fourth-order valence-corrected chi connectivity index (χ4v) is 2.86. The van der Waals surface area contributed by atoms with Crippen molar-refractivity contribution in [3.05, 3.63) is 58.7 Å². The molecule has 2 N–H and O–H groups in total. The van der Waals surface area contributed by atoms with E-state index in [1.807, 2.05) is 6.92 Å². The maximum absolute atomic E-state index is 13.2. The number of benzene rings is 2. The molecule has 1 unspecified atom stereocenters. The highest BCUT2D eigenvalue weighted by Crippen LogP contribution is 2.35. The van der Waals surface area contributed by atoms with Gasteiger partial charge in [0.1, 0.15) is 24.2 Å². The van der Waals surface area contributed by atoms with Crippen LogP contribution < -0.4 is 9.47 Å². The molecule has 0 spiro atoms. The molecule has 0 bridgehead atoms. The predicted octanol–water partition coefficient (Wildman–Crippen LogP) is 6.35. The minimum atomic E-state index is -4.67. The Balaban J connectivity index is 2.20. The Bertz CT molecular complexity index is 925.